The van der Waals surface area contributed by atoms with Gasteiger partial charge in [0.05, 0.1) is 47.2 Å². The third kappa shape index (κ3) is 4.05. The molecule has 0 saturated carbocycles. The molecule has 0 radical (unpaired) electrons. The molecule has 1 aromatic heterocycles. The fourth-order valence-electron chi connectivity index (χ4n) is 3.31. The van der Waals surface area contributed by atoms with Crippen molar-refractivity contribution in [2.75, 3.05) is 41.7 Å². The normalized spacial score (nSPS) is 10.6. The predicted molar refractivity (Wildman–Crippen MR) is 116 cm³/mol. The van der Waals surface area contributed by atoms with E-state index >= 15 is 0 Å². The molecule has 0 bridgehead atoms. The molecule has 0 fully saturated rings. The van der Waals surface area contributed by atoms with Crippen LogP contribution in [0.1, 0.15) is 13.8 Å². The summed E-state index contributed by atoms with van der Waals surface area (Å²) in [4.78, 5) is 13.4. The Morgan fingerprint density at radius 1 is 0.742 bits per heavy atom. The van der Waals surface area contributed by atoms with E-state index in [0.29, 0.717) is 53.1 Å². The van der Waals surface area contributed by atoms with Crippen LogP contribution in [0.15, 0.2) is 33.5 Å². The molecule has 0 saturated heterocycles. The monoisotopic (exact) mass is 430 g/mol. The molecular formula is C23H26O8. The van der Waals surface area contributed by atoms with Crippen molar-refractivity contribution in [3.8, 4) is 45.8 Å². The molecule has 0 amide bonds. The molecule has 3 rings (SSSR count). The quantitative estimate of drug-likeness (QED) is 0.497. The Labute approximate surface area is 180 Å². The Morgan fingerprint density at radius 3 is 1.97 bits per heavy atom. The van der Waals surface area contributed by atoms with E-state index < -0.39 is 0 Å². The maximum atomic E-state index is 13.4. The van der Waals surface area contributed by atoms with Crippen molar-refractivity contribution in [1.29, 1.82) is 0 Å². The first-order valence-corrected chi connectivity index (χ1v) is 9.77. The van der Waals surface area contributed by atoms with Gasteiger partial charge in [-0.15, -0.1) is 0 Å². The van der Waals surface area contributed by atoms with Crippen LogP contribution in [-0.4, -0.2) is 41.7 Å². The number of rotatable bonds is 9. The fraction of sp³-hybridized carbons (Fsp3) is 0.348. The first-order valence-electron chi connectivity index (χ1n) is 9.77. The van der Waals surface area contributed by atoms with E-state index in [1.165, 1.54) is 28.4 Å². The highest BCUT2D eigenvalue weighted by atomic mass is 16.5. The van der Waals surface area contributed by atoms with Gasteiger partial charge in [0.2, 0.25) is 11.2 Å². The van der Waals surface area contributed by atoms with Gasteiger partial charge >= 0.3 is 0 Å². The number of ether oxygens (including phenoxy) is 6. The second-order valence-electron chi connectivity index (χ2n) is 6.36. The molecule has 0 unspecified atom stereocenters. The van der Waals surface area contributed by atoms with Gasteiger partial charge in [0.15, 0.2) is 17.3 Å². The van der Waals surface area contributed by atoms with Crippen molar-refractivity contribution in [2.24, 2.45) is 0 Å². The summed E-state index contributed by atoms with van der Waals surface area (Å²) in [5.41, 5.74) is 0.402. The summed E-state index contributed by atoms with van der Waals surface area (Å²) < 4.78 is 39.3. The highest BCUT2D eigenvalue weighted by Gasteiger charge is 2.25. The molecule has 2 aromatic carbocycles. The minimum absolute atomic E-state index is 0.0202. The maximum Gasteiger partial charge on any atom is 0.239 e. The van der Waals surface area contributed by atoms with E-state index in [1.54, 1.807) is 24.3 Å². The van der Waals surface area contributed by atoms with Crippen LogP contribution in [0.4, 0.5) is 0 Å². The summed E-state index contributed by atoms with van der Waals surface area (Å²) in [6.07, 6.45) is 0. The van der Waals surface area contributed by atoms with Crippen LogP contribution >= 0.6 is 0 Å². The van der Waals surface area contributed by atoms with Crippen LogP contribution in [-0.2, 0) is 0 Å². The van der Waals surface area contributed by atoms with Gasteiger partial charge in [0.1, 0.15) is 28.2 Å². The van der Waals surface area contributed by atoms with Crippen molar-refractivity contribution in [2.45, 2.75) is 13.8 Å². The largest absolute Gasteiger partial charge is 0.496 e. The maximum absolute atomic E-state index is 13.4. The van der Waals surface area contributed by atoms with E-state index in [1.807, 2.05) is 13.8 Å². The van der Waals surface area contributed by atoms with Gasteiger partial charge in [-0.2, -0.15) is 0 Å². The van der Waals surface area contributed by atoms with E-state index in [4.69, 9.17) is 32.8 Å². The first kappa shape index (κ1) is 22.1. The van der Waals surface area contributed by atoms with Crippen molar-refractivity contribution in [1.82, 2.24) is 0 Å². The molecule has 0 aliphatic carbocycles. The second kappa shape index (κ2) is 9.51. The Hall–Kier alpha value is -3.55. The SMILES string of the molecule is CCOc1cc(OC)c(OC)cc1-c1oc2cc(OC)cc(OCC)c2c(=O)c1OC. The van der Waals surface area contributed by atoms with Gasteiger partial charge in [0, 0.05) is 18.2 Å². The molecule has 8 heteroatoms. The molecular weight excluding hydrogens is 404 g/mol. The minimum atomic E-state index is -0.373. The van der Waals surface area contributed by atoms with Gasteiger partial charge in [-0.3, -0.25) is 4.79 Å². The van der Waals surface area contributed by atoms with Gasteiger partial charge in [-0.1, -0.05) is 0 Å². The molecule has 1 heterocycles. The van der Waals surface area contributed by atoms with Crippen molar-refractivity contribution in [3.05, 3.63) is 34.5 Å². The third-order valence-corrected chi connectivity index (χ3v) is 4.66. The lowest BCUT2D eigenvalue weighted by Gasteiger charge is -2.17. The molecule has 0 aliphatic heterocycles. The summed E-state index contributed by atoms with van der Waals surface area (Å²) in [5, 5.41) is 0.265. The molecule has 166 valence electrons. The zero-order valence-corrected chi connectivity index (χ0v) is 18.5. The van der Waals surface area contributed by atoms with Gasteiger partial charge in [-0.05, 0) is 19.9 Å². The summed E-state index contributed by atoms with van der Waals surface area (Å²) >= 11 is 0. The topological polar surface area (TPSA) is 85.6 Å². The van der Waals surface area contributed by atoms with E-state index in [9.17, 15) is 4.79 Å². The van der Waals surface area contributed by atoms with Crippen LogP contribution in [0.3, 0.4) is 0 Å². The van der Waals surface area contributed by atoms with Gasteiger partial charge < -0.3 is 32.8 Å². The Morgan fingerprint density at radius 2 is 1.39 bits per heavy atom. The average Bonchev–Trinajstić information content (AvgIpc) is 2.78. The first-order chi connectivity index (χ1) is 15.0. The lowest BCUT2D eigenvalue weighted by atomic mass is 10.1. The number of benzene rings is 2. The number of hydrogen-bond donors (Lipinski definition) is 0. The van der Waals surface area contributed by atoms with Crippen LogP contribution in [0, 0.1) is 0 Å². The summed E-state index contributed by atoms with van der Waals surface area (Å²) in [7, 11) is 5.99. The zero-order valence-electron chi connectivity index (χ0n) is 18.5. The van der Waals surface area contributed by atoms with E-state index in [-0.39, 0.29) is 22.3 Å². The Bertz CT molecular complexity index is 1130. The predicted octanol–water partition coefficient (Wildman–Crippen LogP) is 4.29. The Kier molecular flexibility index (Phi) is 6.79. The van der Waals surface area contributed by atoms with Crippen molar-refractivity contribution in [3.63, 3.8) is 0 Å². The lowest BCUT2D eigenvalue weighted by Crippen LogP contribution is -2.10. The lowest BCUT2D eigenvalue weighted by molar-refractivity contribution is 0.327. The van der Waals surface area contributed by atoms with Gasteiger partial charge in [-0.25, -0.2) is 0 Å². The highest BCUT2D eigenvalue weighted by molar-refractivity contribution is 5.89. The minimum Gasteiger partial charge on any atom is -0.496 e. The van der Waals surface area contributed by atoms with E-state index in [0.717, 1.165) is 0 Å². The molecule has 0 atom stereocenters. The number of fused-ring (bicyclic) bond motifs is 1. The van der Waals surface area contributed by atoms with Gasteiger partial charge in [0.25, 0.3) is 0 Å². The second-order valence-corrected chi connectivity index (χ2v) is 6.36. The van der Waals surface area contributed by atoms with Crippen LogP contribution < -0.4 is 33.8 Å². The standard InChI is InChI=1S/C23H26O8/c1-7-29-15-12-17(27-5)16(26-4)11-14(15)22-23(28-6)21(24)20-18(30-8-2)9-13(25-3)10-19(20)31-22/h9-12H,7-8H2,1-6H3. The molecule has 31 heavy (non-hydrogen) atoms. The number of methoxy groups -OCH3 is 4. The average molecular weight is 430 g/mol. The van der Waals surface area contributed by atoms with Crippen LogP contribution in [0.25, 0.3) is 22.3 Å². The summed E-state index contributed by atoms with van der Waals surface area (Å²) in [5.74, 6) is 2.45. The third-order valence-electron chi connectivity index (χ3n) is 4.66. The number of hydrogen-bond acceptors (Lipinski definition) is 8. The summed E-state index contributed by atoms with van der Waals surface area (Å²) in [6, 6.07) is 6.63. The molecule has 0 spiro atoms. The summed E-state index contributed by atoms with van der Waals surface area (Å²) in [6.45, 7) is 4.45. The molecule has 3 aromatic rings. The smallest absolute Gasteiger partial charge is 0.239 e. The molecule has 0 N–H and O–H groups in total. The molecule has 0 aliphatic rings. The van der Waals surface area contributed by atoms with Crippen LogP contribution in [0.5, 0.6) is 34.5 Å². The highest BCUT2D eigenvalue weighted by Crippen LogP contribution is 2.44. The van der Waals surface area contributed by atoms with Crippen molar-refractivity contribution >= 4 is 11.0 Å². The molecule has 8 nitrogen and oxygen atoms in total. The Balaban J connectivity index is 2.41. The van der Waals surface area contributed by atoms with Crippen molar-refractivity contribution < 1.29 is 32.8 Å². The van der Waals surface area contributed by atoms with Crippen LogP contribution in [0.2, 0.25) is 0 Å². The zero-order chi connectivity index (χ0) is 22.5. The fourth-order valence-corrected chi connectivity index (χ4v) is 3.31. The van der Waals surface area contributed by atoms with E-state index in [2.05, 4.69) is 0 Å².